The Morgan fingerprint density at radius 3 is 2.48 bits per heavy atom. The van der Waals surface area contributed by atoms with Crippen LogP contribution in [-0.2, 0) is 9.53 Å². The summed E-state index contributed by atoms with van der Waals surface area (Å²) in [5, 5.41) is 11.3. The Hall–Kier alpha value is -1.63. The summed E-state index contributed by atoms with van der Waals surface area (Å²) < 4.78 is 5.39. The summed E-state index contributed by atoms with van der Waals surface area (Å²) in [5.74, 6) is -0.955. The Morgan fingerprint density at radius 2 is 2.10 bits per heavy atom. The summed E-state index contributed by atoms with van der Waals surface area (Å²) in [5.41, 5.74) is 0.136. The van der Waals surface area contributed by atoms with Gasteiger partial charge in [-0.2, -0.15) is 0 Å². The molecule has 21 heavy (non-hydrogen) atoms. The average molecular weight is 314 g/mol. The van der Waals surface area contributed by atoms with Crippen LogP contribution in [0.1, 0.15) is 46.2 Å². The highest BCUT2D eigenvalue weighted by Crippen LogP contribution is 2.27. The van der Waals surface area contributed by atoms with Crippen molar-refractivity contribution in [1.29, 1.82) is 0 Å². The van der Waals surface area contributed by atoms with Crippen LogP contribution in [0.4, 0.5) is 9.93 Å². The summed E-state index contributed by atoms with van der Waals surface area (Å²) in [6, 6.07) is -0.483. The van der Waals surface area contributed by atoms with Crippen molar-refractivity contribution < 1.29 is 19.4 Å². The molecule has 0 spiro atoms. The van der Waals surface area contributed by atoms with Crippen LogP contribution in [0.25, 0.3) is 0 Å². The Balaban J connectivity index is 3.09. The lowest BCUT2D eigenvalue weighted by Crippen LogP contribution is -2.44. The van der Waals surface area contributed by atoms with Crippen LogP contribution < -0.4 is 4.90 Å². The van der Waals surface area contributed by atoms with Gasteiger partial charge < -0.3 is 9.84 Å². The van der Waals surface area contributed by atoms with E-state index in [-0.39, 0.29) is 6.42 Å². The lowest BCUT2D eigenvalue weighted by molar-refractivity contribution is -0.137. The fraction of sp³-hybridized carbons (Fsp3) is 0.643. The molecule has 118 valence electrons. The first kappa shape index (κ1) is 17.4. The minimum absolute atomic E-state index is 0.144. The second kappa shape index (κ2) is 6.89. The molecule has 0 aliphatic carbocycles. The van der Waals surface area contributed by atoms with Crippen molar-refractivity contribution in [3.63, 3.8) is 0 Å². The highest BCUT2D eigenvalue weighted by Gasteiger charge is 2.32. The number of ether oxygens (including phenoxy) is 1. The van der Waals surface area contributed by atoms with E-state index in [4.69, 9.17) is 9.84 Å². The van der Waals surface area contributed by atoms with Gasteiger partial charge in [0.2, 0.25) is 0 Å². The average Bonchev–Trinajstić information content (AvgIpc) is 2.71. The summed E-state index contributed by atoms with van der Waals surface area (Å²) in [6.07, 6.45) is -0.205. The number of aromatic nitrogens is 1. The van der Waals surface area contributed by atoms with E-state index >= 15 is 0 Å². The van der Waals surface area contributed by atoms with E-state index in [0.29, 0.717) is 11.6 Å². The number of nitrogens with zero attached hydrogens (tertiary/aromatic N) is 2. The maximum atomic E-state index is 12.4. The molecule has 1 aromatic rings. The second-order valence-corrected chi connectivity index (χ2v) is 6.62. The van der Waals surface area contributed by atoms with Crippen LogP contribution >= 0.6 is 11.3 Å². The predicted molar refractivity (Wildman–Crippen MR) is 81.9 cm³/mol. The first-order valence-electron chi connectivity index (χ1n) is 6.80. The van der Waals surface area contributed by atoms with Crippen molar-refractivity contribution in [2.45, 2.75) is 59.1 Å². The molecular weight excluding hydrogens is 292 g/mol. The zero-order valence-corrected chi connectivity index (χ0v) is 13.9. The van der Waals surface area contributed by atoms with Gasteiger partial charge in [0.05, 0.1) is 18.2 Å². The number of aryl methyl sites for hydroxylation is 1. The summed E-state index contributed by atoms with van der Waals surface area (Å²) in [6.45, 7) is 8.98. The van der Waals surface area contributed by atoms with E-state index in [1.54, 1.807) is 20.8 Å². The maximum absolute atomic E-state index is 12.4. The normalized spacial score (nSPS) is 12.8. The Kier molecular flexibility index (Phi) is 5.71. The van der Waals surface area contributed by atoms with Crippen molar-refractivity contribution in [2.24, 2.45) is 0 Å². The molecule has 1 N–H and O–H groups in total. The standard InChI is InChI=1S/C14H22N2O4S/c1-6-10(7-11(17)18)16(12-15-9(2)8-21-12)13(19)20-14(3,4)5/h8,10H,6-7H2,1-5H3,(H,17,18). The number of carbonyl (C=O) groups excluding carboxylic acids is 1. The molecule has 1 heterocycles. The Labute approximate surface area is 128 Å². The first-order chi connectivity index (χ1) is 9.64. The van der Waals surface area contributed by atoms with Crippen molar-refractivity contribution in [2.75, 3.05) is 4.90 Å². The molecule has 0 bridgehead atoms. The molecule has 7 heteroatoms. The molecule has 0 aliphatic heterocycles. The van der Waals surface area contributed by atoms with Crippen LogP contribution in [0.15, 0.2) is 5.38 Å². The fourth-order valence-corrected chi connectivity index (χ4v) is 2.63. The zero-order valence-electron chi connectivity index (χ0n) is 13.0. The third kappa shape index (κ3) is 5.34. The van der Waals surface area contributed by atoms with Crippen molar-refractivity contribution >= 4 is 28.5 Å². The minimum atomic E-state index is -0.955. The maximum Gasteiger partial charge on any atom is 0.416 e. The topological polar surface area (TPSA) is 79.7 Å². The lowest BCUT2D eigenvalue weighted by atomic mass is 10.1. The summed E-state index contributed by atoms with van der Waals surface area (Å²) >= 11 is 1.30. The molecule has 1 aromatic heterocycles. The number of carbonyl (C=O) groups is 2. The molecule has 1 atom stereocenters. The second-order valence-electron chi connectivity index (χ2n) is 5.78. The molecule has 6 nitrogen and oxygen atoms in total. The van der Waals surface area contributed by atoms with Crippen LogP contribution in [0.2, 0.25) is 0 Å². The van der Waals surface area contributed by atoms with Crippen molar-refractivity contribution in [3.8, 4) is 0 Å². The highest BCUT2D eigenvalue weighted by atomic mass is 32.1. The smallest absolute Gasteiger partial charge is 0.416 e. The van der Waals surface area contributed by atoms with Gasteiger partial charge in [0.15, 0.2) is 5.13 Å². The van der Waals surface area contributed by atoms with Crippen LogP contribution in [0.5, 0.6) is 0 Å². The van der Waals surface area contributed by atoms with E-state index in [1.807, 2.05) is 19.2 Å². The largest absolute Gasteiger partial charge is 0.481 e. The van der Waals surface area contributed by atoms with E-state index in [1.165, 1.54) is 16.2 Å². The summed E-state index contributed by atoms with van der Waals surface area (Å²) in [7, 11) is 0. The SMILES string of the molecule is CCC(CC(=O)O)N(C(=O)OC(C)(C)C)c1nc(C)cs1. The van der Waals surface area contributed by atoms with Gasteiger partial charge in [-0.25, -0.2) is 14.7 Å². The number of carboxylic acids is 1. The van der Waals surface area contributed by atoms with Crippen LogP contribution in [0.3, 0.4) is 0 Å². The van der Waals surface area contributed by atoms with Gasteiger partial charge in [-0.3, -0.25) is 4.79 Å². The van der Waals surface area contributed by atoms with Gasteiger partial charge in [-0.1, -0.05) is 6.92 Å². The highest BCUT2D eigenvalue weighted by molar-refractivity contribution is 7.14. The van der Waals surface area contributed by atoms with E-state index in [2.05, 4.69) is 4.98 Å². The van der Waals surface area contributed by atoms with Crippen molar-refractivity contribution in [1.82, 2.24) is 4.98 Å². The fourth-order valence-electron chi connectivity index (χ4n) is 1.77. The Morgan fingerprint density at radius 1 is 1.48 bits per heavy atom. The van der Waals surface area contributed by atoms with Gasteiger partial charge in [-0.15, -0.1) is 11.3 Å². The third-order valence-corrected chi connectivity index (χ3v) is 3.61. The first-order valence-corrected chi connectivity index (χ1v) is 7.68. The number of thiazole rings is 1. The quantitative estimate of drug-likeness (QED) is 0.900. The molecule has 1 unspecified atom stereocenters. The zero-order chi connectivity index (χ0) is 16.2. The monoisotopic (exact) mass is 314 g/mol. The molecule has 0 saturated carbocycles. The molecule has 0 saturated heterocycles. The van der Waals surface area contributed by atoms with E-state index in [0.717, 1.165) is 5.69 Å². The van der Waals surface area contributed by atoms with Crippen molar-refractivity contribution in [3.05, 3.63) is 11.1 Å². The third-order valence-electron chi connectivity index (χ3n) is 2.65. The number of aliphatic carboxylic acids is 1. The molecular formula is C14H22N2O4S. The molecule has 0 aliphatic rings. The number of rotatable bonds is 5. The van der Waals surface area contributed by atoms with E-state index in [9.17, 15) is 9.59 Å². The number of amides is 1. The number of carboxylic acid groups (broad SMARTS) is 1. The predicted octanol–water partition coefficient (Wildman–Crippen LogP) is 3.45. The van der Waals surface area contributed by atoms with Gasteiger partial charge in [0, 0.05) is 5.38 Å². The number of hydrogen-bond acceptors (Lipinski definition) is 5. The van der Waals surface area contributed by atoms with Crippen LogP contribution in [-0.4, -0.2) is 33.8 Å². The van der Waals surface area contributed by atoms with Gasteiger partial charge >= 0.3 is 12.1 Å². The number of anilines is 1. The lowest BCUT2D eigenvalue weighted by Gasteiger charge is -2.30. The minimum Gasteiger partial charge on any atom is -0.481 e. The number of hydrogen-bond donors (Lipinski definition) is 1. The molecule has 0 aromatic carbocycles. The summed E-state index contributed by atoms with van der Waals surface area (Å²) in [4.78, 5) is 29.1. The Bertz CT molecular complexity index is 507. The van der Waals surface area contributed by atoms with Crippen LogP contribution in [0, 0.1) is 6.92 Å². The van der Waals surface area contributed by atoms with Gasteiger partial charge in [-0.05, 0) is 34.1 Å². The molecule has 1 rings (SSSR count). The molecule has 0 fully saturated rings. The van der Waals surface area contributed by atoms with E-state index < -0.39 is 23.7 Å². The molecule has 1 amide bonds. The molecule has 0 radical (unpaired) electrons. The van der Waals surface area contributed by atoms with Gasteiger partial charge in [0.1, 0.15) is 5.60 Å². The van der Waals surface area contributed by atoms with Gasteiger partial charge in [0.25, 0.3) is 0 Å².